The van der Waals surface area contributed by atoms with E-state index in [9.17, 15) is 0 Å². The summed E-state index contributed by atoms with van der Waals surface area (Å²) in [7, 11) is 0. The fourth-order valence-electron chi connectivity index (χ4n) is 2.91. The Hall–Kier alpha value is -0.780. The van der Waals surface area contributed by atoms with Gasteiger partial charge in [-0.05, 0) is 6.42 Å². The Morgan fingerprint density at radius 1 is 0.514 bits per heavy atom. The third kappa shape index (κ3) is 31.2. The van der Waals surface area contributed by atoms with Gasteiger partial charge in [-0.2, -0.15) is 0 Å². The van der Waals surface area contributed by atoms with Crippen LogP contribution in [0.25, 0.3) is 0 Å². The van der Waals surface area contributed by atoms with E-state index in [0.29, 0.717) is 85.0 Å². The standard InChI is InChI=1S/C26H52O9/c1-3-4-5-6-7-8-9-10-12-34-25-35-26(2)24-33-23-22-32-21-20-31-19-18-30-17-16-29-15-14-28-13-11-27/h27H,2-25H2,1H3. The van der Waals surface area contributed by atoms with Crippen LogP contribution in [0.3, 0.4) is 0 Å². The minimum absolute atomic E-state index is 0.0310. The van der Waals surface area contributed by atoms with Gasteiger partial charge in [0.1, 0.15) is 12.4 Å². The van der Waals surface area contributed by atoms with E-state index in [0.717, 1.165) is 13.0 Å². The van der Waals surface area contributed by atoms with Crippen molar-refractivity contribution in [3.63, 3.8) is 0 Å². The van der Waals surface area contributed by atoms with E-state index in [1.165, 1.54) is 44.9 Å². The third-order valence-electron chi connectivity index (χ3n) is 4.85. The van der Waals surface area contributed by atoms with Crippen molar-refractivity contribution >= 4 is 0 Å². The maximum atomic E-state index is 8.56. The molecule has 1 N–H and O–H groups in total. The predicted octanol–water partition coefficient (Wildman–Crippen LogP) is 3.72. The maximum absolute atomic E-state index is 8.56. The highest BCUT2D eigenvalue weighted by Gasteiger charge is 1.98. The van der Waals surface area contributed by atoms with Crippen molar-refractivity contribution in [2.75, 3.05) is 99.3 Å². The van der Waals surface area contributed by atoms with Crippen LogP contribution in [0.1, 0.15) is 58.3 Å². The molecule has 9 nitrogen and oxygen atoms in total. The highest BCUT2D eigenvalue weighted by atomic mass is 16.7. The Bertz CT molecular complexity index is 410. The summed E-state index contributed by atoms with van der Waals surface area (Å²) >= 11 is 0. The number of ether oxygens (including phenoxy) is 8. The summed E-state index contributed by atoms with van der Waals surface area (Å²) in [6, 6.07) is 0. The predicted molar refractivity (Wildman–Crippen MR) is 136 cm³/mol. The molecule has 0 amide bonds. The molecule has 9 heteroatoms. The molecule has 0 bridgehead atoms. The zero-order valence-electron chi connectivity index (χ0n) is 22.2. The molecular formula is C26H52O9. The largest absolute Gasteiger partial charge is 0.470 e. The van der Waals surface area contributed by atoms with Crippen molar-refractivity contribution in [1.29, 1.82) is 0 Å². The molecule has 0 aromatic heterocycles. The van der Waals surface area contributed by atoms with Gasteiger partial charge < -0.3 is 43.0 Å². The highest BCUT2D eigenvalue weighted by molar-refractivity contribution is 4.80. The number of unbranched alkanes of at least 4 members (excludes halogenated alkanes) is 7. The molecular weight excluding hydrogens is 456 g/mol. The quantitative estimate of drug-likeness (QED) is 0.0854. The normalized spacial score (nSPS) is 11.3. The van der Waals surface area contributed by atoms with Crippen molar-refractivity contribution in [2.45, 2.75) is 58.3 Å². The first-order chi connectivity index (χ1) is 17.3. The Morgan fingerprint density at radius 2 is 0.943 bits per heavy atom. The van der Waals surface area contributed by atoms with Crippen molar-refractivity contribution in [1.82, 2.24) is 0 Å². The minimum Gasteiger partial charge on any atom is -0.470 e. The topological polar surface area (TPSA) is 94.1 Å². The molecule has 0 rings (SSSR count). The van der Waals surface area contributed by atoms with Gasteiger partial charge in [0.2, 0.25) is 0 Å². The average Bonchev–Trinajstić information content (AvgIpc) is 2.86. The Labute approximate surface area is 213 Å². The Kier molecular flexibility index (Phi) is 30.6. The van der Waals surface area contributed by atoms with E-state index in [4.69, 9.17) is 43.0 Å². The van der Waals surface area contributed by atoms with Crippen molar-refractivity contribution < 1.29 is 43.0 Å². The molecule has 0 unspecified atom stereocenters. The van der Waals surface area contributed by atoms with Gasteiger partial charge in [-0.3, -0.25) is 0 Å². The zero-order chi connectivity index (χ0) is 25.5. The van der Waals surface area contributed by atoms with Gasteiger partial charge >= 0.3 is 0 Å². The van der Waals surface area contributed by atoms with Gasteiger partial charge in [-0.15, -0.1) is 0 Å². The third-order valence-corrected chi connectivity index (χ3v) is 4.85. The van der Waals surface area contributed by atoms with Crippen LogP contribution in [0.5, 0.6) is 0 Å². The molecule has 35 heavy (non-hydrogen) atoms. The minimum atomic E-state index is 0.0310. The van der Waals surface area contributed by atoms with Gasteiger partial charge in [0.15, 0.2) is 6.79 Å². The second-order valence-electron chi connectivity index (χ2n) is 8.02. The lowest BCUT2D eigenvalue weighted by Gasteiger charge is -2.11. The van der Waals surface area contributed by atoms with Gasteiger partial charge in [-0.1, -0.05) is 58.4 Å². The molecule has 0 saturated carbocycles. The molecule has 0 fully saturated rings. The van der Waals surface area contributed by atoms with E-state index in [1.54, 1.807) is 0 Å². The molecule has 0 aromatic carbocycles. The summed E-state index contributed by atoms with van der Waals surface area (Å²) in [6.07, 6.45) is 10.3. The summed E-state index contributed by atoms with van der Waals surface area (Å²) < 4.78 is 43.0. The fourth-order valence-corrected chi connectivity index (χ4v) is 2.91. The summed E-state index contributed by atoms with van der Waals surface area (Å²) in [5.41, 5.74) is 0. The molecule has 0 spiro atoms. The monoisotopic (exact) mass is 508 g/mol. The van der Waals surface area contributed by atoms with Crippen LogP contribution in [0.4, 0.5) is 0 Å². The van der Waals surface area contributed by atoms with E-state index >= 15 is 0 Å². The molecule has 0 atom stereocenters. The van der Waals surface area contributed by atoms with Crippen LogP contribution >= 0.6 is 0 Å². The Morgan fingerprint density at radius 3 is 1.43 bits per heavy atom. The lowest BCUT2D eigenvalue weighted by atomic mass is 10.1. The average molecular weight is 509 g/mol. The van der Waals surface area contributed by atoms with E-state index in [1.807, 2.05) is 0 Å². The summed E-state index contributed by atoms with van der Waals surface area (Å²) in [5, 5.41) is 8.56. The van der Waals surface area contributed by atoms with E-state index < -0.39 is 0 Å². The maximum Gasteiger partial charge on any atom is 0.188 e. The smallest absolute Gasteiger partial charge is 0.188 e. The van der Waals surface area contributed by atoms with Crippen LogP contribution in [0, 0.1) is 0 Å². The summed E-state index contributed by atoms with van der Waals surface area (Å²) in [4.78, 5) is 0. The zero-order valence-corrected chi connectivity index (χ0v) is 22.2. The molecule has 0 heterocycles. The summed E-state index contributed by atoms with van der Waals surface area (Å²) in [5.74, 6) is 0.560. The molecule has 210 valence electrons. The fraction of sp³-hybridized carbons (Fsp3) is 0.923. The van der Waals surface area contributed by atoms with E-state index in [2.05, 4.69) is 13.5 Å². The Balaban J connectivity index is 3.13. The van der Waals surface area contributed by atoms with Gasteiger partial charge in [-0.25, -0.2) is 0 Å². The first-order valence-electron chi connectivity index (χ1n) is 13.3. The second kappa shape index (κ2) is 31.3. The number of hydrogen-bond donors (Lipinski definition) is 1. The molecule has 0 aliphatic heterocycles. The lowest BCUT2D eigenvalue weighted by molar-refractivity contribution is -0.0421. The van der Waals surface area contributed by atoms with Gasteiger partial charge in [0, 0.05) is 0 Å². The number of rotatable bonds is 31. The van der Waals surface area contributed by atoms with Crippen molar-refractivity contribution in [2.24, 2.45) is 0 Å². The summed E-state index contributed by atoms with van der Waals surface area (Å²) in [6.45, 7) is 12.7. The lowest BCUT2D eigenvalue weighted by Crippen LogP contribution is -2.14. The number of aliphatic hydroxyl groups excluding tert-OH is 1. The van der Waals surface area contributed by atoms with Crippen molar-refractivity contribution in [3.8, 4) is 0 Å². The van der Waals surface area contributed by atoms with Crippen LogP contribution in [-0.2, 0) is 37.9 Å². The highest BCUT2D eigenvalue weighted by Crippen LogP contribution is 2.08. The van der Waals surface area contributed by atoms with Crippen LogP contribution in [0.2, 0.25) is 0 Å². The first-order valence-corrected chi connectivity index (χ1v) is 13.3. The number of aliphatic hydroxyl groups is 1. The van der Waals surface area contributed by atoms with Crippen LogP contribution < -0.4 is 0 Å². The molecule has 0 aromatic rings. The van der Waals surface area contributed by atoms with E-state index in [-0.39, 0.29) is 13.4 Å². The molecule has 0 radical (unpaired) electrons. The van der Waals surface area contributed by atoms with Gasteiger partial charge in [0.05, 0.1) is 85.9 Å². The molecule has 0 aliphatic rings. The second-order valence-corrected chi connectivity index (χ2v) is 8.02. The molecule has 0 aliphatic carbocycles. The van der Waals surface area contributed by atoms with Crippen molar-refractivity contribution in [3.05, 3.63) is 12.3 Å². The molecule has 0 saturated heterocycles. The first kappa shape index (κ1) is 34.2. The number of hydrogen-bond acceptors (Lipinski definition) is 9. The van der Waals surface area contributed by atoms with Gasteiger partial charge in [0.25, 0.3) is 0 Å². The van der Waals surface area contributed by atoms with Crippen LogP contribution in [0.15, 0.2) is 12.3 Å². The SMILES string of the molecule is C=C(COCCOCCOCCOCCOCCOCCO)OCOCCCCCCCCCC. The van der Waals surface area contributed by atoms with Crippen LogP contribution in [-0.4, -0.2) is 104 Å².